The summed E-state index contributed by atoms with van der Waals surface area (Å²) in [6, 6.07) is 4.70. The van der Waals surface area contributed by atoms with Crippen molar-refractivity contribution in [1.82, 2.24) is 0 Å². The molecule has 0 aromatic heterocycles. The minimum Gasteiger partial charge on any atom is -0.357 e. The molecule has 14 heavy (non-hydrogen) atoms. The topological polar surface area (TPSA) is 20.2 Å². The van der Waals surface area contributed by atoms with Crippen LogP contribution in [0.25, 0.3) is 0 Å². The molecule has 5 heteroatoms. The fraction of sp³-hybridized carbons (Fsp3) is 0.333. The van der Waals surface area contributed by atoms with Crippen molar-refractivity contribution >= 4 is 0 Å². The first-order valence-corrected chi connectivity index (χ1v) is 3.72. The Labute approximate surface area is 78.0 Å². The maximum atomic E-state index is 13.0. The smallest absolute Gasteiger partial charge is 0.333 e. The summed E-state index contributed by atoms with van der Waals surface area (Å²) in [4.78, 5) is 0. The maximum absolute atomic E-state index is 13.0. The number of hydrogen-bond acceptors (Lipinski definition) is 1. The van der Waals surface area contributed by atoms with Gasteiger partial charge in [-0.05, 0) is 6.07 Å². The molecule has 0 aliphatic rings. The van der Waals surface area contributed by atoms with Crippen LogP contribution in [-0.4, -0.2) is 11.0 Å². The molecule has 1 N–H and O–H groups in total. The van der Waals surface area contributed by atoms with Gasteiger partial charge in [0, 0.05) is 13.0 Å². The van der Waals surface area contributed by atoms with Crippen molar-refractivity contribution in [2.45, 2.75) is 18.7 Å². The molecule has 1 radical (unpaired) electrons. The largest absolute Gasteiger partial charge is 0.357 e. The zero-order chi connectivity index (χ0) is 11.0. The minimum atomic E-state index is -4.30. The third-order valence-electron chi connectivity index (χ3n) is 1.72. The van der Waals surface area contributed by atoms with Crippen LogP contribution in [0.2, 0.25) is 0 Å². The number of alkyl halides is 3. The molecule has 1 aromatic carbocycles. The van der Waals surface area contributed by atoms with E-state index in [0.717, 1.165) is 12.1 Å². The fourth-order valence-corrected chi connectivity index (χ4v) is 0.905. The monoisotopic (exact) mass is 207 g/mol. The Hall–Kier alpha value is -1.10. The summed E-state index contributed by atoms with van der Waals surface area (Å²) in [5.74, 6) is -9.48. The van der Waals surface area contributed by atoms with Crippen molar-refractivity contribution < 1.29 is 22.7 Å². The molecule has 77 valence electrons. The van der Waals surface area contributed by atoms with E-state index in [-0.39, 0.29) is 6.92 Å². The first kappa shape index (κ1) is 11.0. The van der Waals surface area contributed by atoms with E-state index >= 15 is 0 Å². The highest BCUT2D eigenvalue weighted by Crippen LogP contribution is 2.40. The van der Waals surface area contributed by atoms with Crippen LogP contribution < -0.4 is 0 Å². The predicted octanol–water partition coefficient (Wildman–Crippen LogP) is 2.40. The Bertz CT molecular complexity index is 330. The summed E-state index contributed by atoms with van der Waals surface area (Å²) >= 11 is 0. The highest BCUT2D eigenvalue weighted by Gasteiger charge is 2.52. The maximum Gasteiger partial charge on any atom is 0.333 e. The van der Waals surface area contributed by atoms with Crippen molar-refractivity contribution in [2.75, 3.05) is 0 Å². The Morgan fingerprint density at radius 1 is 1.36 bits per heavy atom. The molecule has 0 aliphatic carbocycles. The van der Waals surface area contributed by atoms with E-state index < -0.39 is 23.2 Å². The van der Waals surface area contributed by atoms with E-state index in [9.17, 15) is 17.6 Å². The van der Waals surface area contributed by atoms with E-state index in [4.69, 9.17) is 5.11 Å². The van der Waals surface area contributed by atoms with E-state index in [2.05, 4.69) is 0 Å². The molecule has 0 fully saturated rings. The lowest BCUT2D eigenvalue weighted by Crippen LogP contribution is -2.39. The average Bonchev–Trinajstić information content (AvgIpc) is 2.02. The van der Waals surface area contributed by atoms with Gasteiger partial charge in [-0.1, -0.05) is 12.1 Å². The van der Waals surface area contributed by atoms with Gasteiger partial charge in [0.15, 0.2) is 0 Å². The molecule has 1 unspecified atom stereocenters. The van der Waals surface area contributed by atoms with Crippen molar-refractivity contribution in [1.29, 1.82) is 0 Å². The average molecular weight is 207 g/mol. The van der Waals surface area contributed by atoms with E-state index in [1.165, 1.54) is 0 Å². The number of aliphatic hydroxyl groups is 1. The van der Waals surface area contributed by atoms with E-state index in [0.29, 0.717) is 6.07 Å². The molecule has 1 aromatic rings. The molecular weight excluding hydrogens is 200 g/mol. The minimum absolute atomic E-state index is 0.263. The third kappa shape index (κ3) is 1.72. The molecule has 0 heterocycles. The van der Waals surface area contributed by atoms with Crippen LogP contribution in [0.4, 0.5) is 17.6 Å². The standard InChI is InChI=1S/C9H7F4O/c1-8(11,14)9(12,13)6-4-2-3-5-7(6)10/h2-4,14H,1H3. The van der Waals surface area contributed by atoms with Crippen LogP contribution in [0.1, 0.15) is 12.5 Å². The fourth-order valence-electron chi connectivity index (χ4n) is 0.905. The Morgan fingerprint density at radius 3 is 2.36 bits per heavy atom. The van der Waals surface area contributed by atoms with Crippen LogP contribution in [0, 0.1) is 11.9 Å². The van der Waals surface area contributed by atoms with Crippen LogP contribution in [0.3, 0.4) is 0 Å². The van der Waals surface area contributed by atoms with Gasteiger partial charge in [-0.3, -0.25) is 0 Å². The summed E-state index contributed by atoms with van der Waals surface area (Å²) in [7, 11) is 0. The van der Waals surface area contributed by atoms with Crippen LogP contribution in [-0.2, 0) is 5.92 Å². The van der Waals surface area contributed by atoms with Crippen molar-refractivity contribution in [2.24, 2.45) is 0 Å². The van der Waals surface area contributed by atoms with E-state index in [1.54, 1.807) is 0 Å². The zero-order valence-corrected chi connectivity index (χ0v) is 7.19. The number of rotatable bonds is 2. The van der Waals surface area contributed by atoms with Gasteiger partial charge in [0.2, 0.25) is 0 Å². The molecule has 1 atom stereocenters. The number of benzene rings is 1. The molecule has 0 saturated heterocycles. The lowest BCUT2D eigenvalue weighted by molar-refractivity contribution is -0.249. The van der Waals surface area contributed by atoms with Gasteiger partial charge >= 0.3 is 5.92 Å². The van der Waals surface area contributed by atoms with Crippen LogP contribution >= 0.6 is 0 Å². The number of hydrogen-bond donors (Lipinski definition) is 1. The molecule has 0 spiro atoms. The van der Waals surface area contributed by atoms with Gasteiger partial charge in [0.25, 0.3) is 5.85 Å². The molecule has 1 nitrogen and oxygen atoms in total. The Morgan fingerprint density at radius 2 is 1.93 bits per heavy atom. The molecule has 1 rings (SSSR count). The highest BCUT2D eigenvalue weighted by atomic mass is 19.3. The molecular formula is C9H7F4O. The van der Waals surface area contributed by atoms with Gasteiger partial charge in [-0.15, -0.1) is 0 Å². The SMILES string of the molecule is CC(O)(F)C(F)(F)c1ccc[c]c1F. The first-order valence-electron chi connectivity index (χ1n) is 3.72. The summed E-state index contributed by atoms with van der Waals surface area (Å²) in [6.45, 7) is 0.263. The van der Waals surface area contributed by atoms with Crippen molar-refractivity contribution in [3.8, 4) is 0 Å². The second kappa shape index (κ2) is 3.24. The summed E-state index contributed by atoms with van der Waals surface area (Å²) in [5, 5.41) is 8.53. The third-order valence-corrected chi connectivity index (χ3v) is 1.72. The van der Waals surface area contributed by atoms with Crippen LogP contribution in [0.5, 0.6) is 0 Å². The normalized spacial score (nSPS) is 16.4. The Kier molecular flexibility index (Phi) is 2.54. The molecule has 0 saturated carbocycles. The van der Waals surface area contributed by atoms with Gasteiger partial charge in [-0.25, -0.2) is 8.78 Å². The summed E-state index contributed by atoms with van der Waals surface area (Å²) < 4.78 is 51.5. The van der Waals surface area contributed by atoms with Crippen LogP contribution in [0.15, 0.2) is 18.2 Å². The molecule has 0 aliphatic heterocycles. The van der Waals surface area contributed by atoms with E-state index in [1.807, 2.05) is 6.07 Å². The zero-order valence-electron chi connectivity index (χ0n) is 7.19. The molecule has 0 amide bonds. The predicted molar refractivity (Wildman–Crippen MR) is 40.9 cm³/mol. The second-order valence-corrected chi connectivity index (χ2v) is 2.93. The van der Waals surface area contributed by atoms with Gasteiger partial charge < -0.3 is 5.11 Å². The first-order chi connectivity index (χ1) is 6.27. The van der Waals surface area contributed by atoms with Gasteiger partial charge in [-0.2, -0.15) is 8.78 Å². The lowest BCUT2D eigenvalue weighted by Gasteiger charge is -2.25. The summed E-state index contributed by atoms with van der Waals surface area (Å²) in [6.07, 6.45) is 0. The van der Waals surface area contributed by atoms with Gasteiger partial charge in [0.1, 0.15) is 5.82 Å². The quantitative estimate of drug-likeness (QED) is 0.738. The Balaban J connectivity index is 3.23. The lowest BCUT2D eigenvalue weighted by atomic mass is 10.0. The highest BCUT2D eigenvalue weighted by molar-refractivity contribution is 5.23. The summed E-state index contributed by atoms with van der Waals surface area (Å²) in [5.41, 5.74) is -1.22. The second-order valence-electron chi connectivity index (χ2n) is 2.93. The van der Waals surface area contributed by atoms with Gasteiger partial charge in [0.05, 0.1) is 5.56 Å². The van der Waals surface area contributed by atoms with Crippen molar-refractivity contribution in [3.05, 3.63) is 35.6 Å². The van der Waals surface area contributed by atoms with Crippen molar-refractivity contribution in [3.63, 3.8) is 0 Å². The molecule has 0 bridgehead atoms. The number of halogens is 4.